The second-order valence-corrected chi connectivity index (χ2v) is 13.9. The summed E-state index contributed by atoms with van der Waals surface area (Å²) in [7, 11) is 0. The Hall–Kier alpha value is -5.96. The molecule has 1 spiro atoms. The lowest BCUT2D eigenvalue weighted by Gasteiger charge is -2.41. The van der Waals surface area contributed by atoms with Gasteiger partial charge in [0.25, 0.3) is 5.91 Å². The van der Waals surface area contributed by atoms with Crippen LogP contribution in [-0.4, -0.2) is 101 Å². The van der Waals surface area contributed by atoms with E-state index in [1.165, 1.54) is 19.1 Å². The summed E-state index contributed by atoms with van der Waals surface area (Å²) in [6, 6.07) is 16.3. The molecule has 14 nitrogen and oxygen atoms in total. The zero-order valence-corrected chi connectivity index (χ0v) is 30.7. The fraction of sp³-hybridized carbons (Fsp3) is 0.375. The first-order valence-electron chi connectivity index (χ1n) is 18.3. The number of halogens is 1. The number of carbonyl (C=O) groups is 5. The fourth-order valence-electron chi connectivity index (χ4n) is 6.86. The van der Waals surface area contributed by atoms with Gasteiger partial charge in [-0.2, -0.15) is 0 Å². The average Bonchev–Trinajstić information content (AvgIpc) is 3.48. The van der Waals surface area contributed by atoms with Crippen molar-refractivity contribution in [3.63, 3.8) is 0 Å². The molecule has 0 unspecified atom stereocenters. The molecule has 4 aromatic rings. The molecule has 3 atom stereocenters. The summed E-state index contributed by atoms with van der Waals surface area (Å²) in [5.41, 5.74) is 1.37. The molecule has 1 fully saturated rings. The average molecular weight is 757 g/mol. The lowest BCUT2D eigenvalue weighted by molar-refractivity contribution is -0.148. The predicted molar refractivity (Wildman–Crippen MR) is 200 cm³/mol. The van der Waals surface area contributed by atoms with Gasteiger partial charge in [0.2, 0.25) is 23.6 Å². The number of rotatable bonds is 5. The number of hydrogen-bond acceptors (Lipinski definition) is 8. The first-order valence-corrected chi connectivity index (χ1v) is 18.3. The number of aromatic nitrogens is 1. The minimum absolute atomic E-state index is 0.0260. The van der Waals surface area contributed by atoms with Crippen molar-refractivity contribution in [2.75, 3.05) is 32.8 Å². The van der Waals surface area contributed by atoms with Crippen molar-refractivity contribution >= 4 is 40.4 Å². The molecule has 2 bridgehead atoms. The highest BCUT2D eigenvalue weighted by Crippen LogP contribution is 2.32. The fourth-order valence-corrected chi connectivity index (χ4v) is 6.86. The van der Waals surface area contributed by atoms with Gasteiger partial charge < -0.3 is 45.7 Å². The number of H-pyrrole nitrogens is 1. The molecule has 0 saturated carbocycles. The molecular formula is C40H45FN6O8. The minimum Gasteiger partial charge on any atom is -0.492 e. The topological polar surface area (TPSA) is 191 Å². The van der Waals surface area contributed by atoms with Crippen molar-refractivity contribution in [2.45, 2.75) is 63.3 Å². The number of hydrogen-bond donors (Lipinski definition) is 6. The predicted octanol–water partition coefficient (Wildman–Crippen LogP) is 1.82. The van der Waals surface area contributed by atoms with Crippen LogP contribution in [0.4, 0.5) is 4.39 Å². The number of carbonyl (C=O) groups excluding carboxylic acids is 5. The van der Waals surface area contributed by atoms with Crippen LogP contribution in [0.1, 0.15) is 36.6 Å². The number of nitrogens with zero attached hydrogens (tertiary/aromatic N) is 1. The van der Waals surface area contributed by atoms with Gasteiger partial charge in [-0.1, -0.05) is 30.3 Å². The molecule has 15 heteroatoms. The van der Waals surface area contributed by atoms with Crippen LogP contribution < -0.4 is 30.7 Å². The summed E-state index contributed by atoms with van der Waals surface area (Å²) in [6.45, 7) is 3.08. The largest absolute Gasteiger partial charge is 0.492 e. The number of aromatic amines is 1. The minimum atomic E-state index is -1.53. The zero-order valence-electron chi connectivity index (χ0n) is 30.7. The third kappa shape index (κ3) is 9.23. The van der Waals surface area contributed by atoms with Gasteiger partial charge in [-0.3, -0.25) is 24.0 Å². The summed E-state index contributed by atoms with van der Waals surface area (Å²) in [4.78, 5) is 72.7. The lowest BCUT2D eigenvalue weighted by atomic mass is 9.88. The van der Waals surface area contributed by atoms with Gasteiger partial charge in [0.15, 0.2) is 5.60 Å². The smallest absolute Gasteiger partial charge is 0.265 e. The van der Waals surface area contributed by atoms with E-state index in [0.717, 1.165) is 11.2 Å². The van der Waals surface area contributed by atoms with Crippen LogP contribution in [0.3, 0.4) is 0 Å². The third-order valence-corrected chi connectivity index (χ3v) is 10.0. The molecule has 3 aliphatic heterocycles. The third-order valence-electron chi connectivity index (χ3n) is 10.0. The zero-order chi connectivity index (χ0) is 39.1. The molecule has 0 radical (unpaired) electrons. The summed E-state index contributed by atoms with van der Waals surface area (Å²) in [5.74, 6) is -2.41. The second-order valence-electron chi connectivity index (χ2n) is 13.9. The number of fused-ring (bicyclic) bond motifs is 16. The Balaban J connectivity index is 1.27. The molecule has 4 heterocycles. The molecule has 5 amide bonds. The van der Waals surface area contributed by atoms with Gasteiger partial charge in [-0.05, 0) is 67.4 Å². The molecular weight excluding hydrogens is 711 g/mol. The normalized spacial score (nSPS) is 21.2. The number of piperidine rings is 1. The number of benzene rings is 3. The van der Waals surface area contributed by atoms with Crippen LogP contribution in [0.25, 0.3) is 10.9 Å². The number of aliphatic hydroxyl groups excluding tert-OH is 1. The monoisotopic (exact) mass is 756 g/mol. The molecule has 7 rings (SSSR count). The van der Waals surface area contributed by atoms with Crippen molar-refractivity contribution in [1.82, 2.24) is 31.2 Å². The summed E-state index contributed by atoms with van der Waals surface area (Å²) in [5, 5.41) is 21.3. The molecule has 290 valence electrons. The maximum Gasteiger partial charge on any atom is 0.265 e. The van der Waals surface area contributed by atoms with Gasteiger partial charge in [0.1, 0.15) is 42.0 Å². The van der Waals surface area contributed by atoms with Crippen LogP contribution in [0, 0.1) is 12.7 Å². The summed E-state index contributed by atoms with van der Waals surface area (Å²) < 4.78 is 26.4. The van der Waals surface area contributed by atoms with Gasteiger partial charge in [0, 0.05) is 48.9 Å². The Morgan fingerprint density at radius 2 is 1.58 bits per heavy atom. The van der Waals surface area contributed by atoms with Crippen LogP contribution >= 0.6 is 0 Å². The van der Waals surface area contributed by atoms with Crippen LogP contribution in [-0.2, 0) is 36.8 Å². The summed E-state index contributed by atoms with van der Waals surface area (Å²) in [6.07, 6.45) is 0.207. The Bertz CT molecular complexity index is 2030. The number of likely N-dealkylation sites (tertiary alicyclic amines) is 1. The molecule has 1 saturated heterocycles. The van der Waals surface area contributed by atoms with Crippen LogP contribution in [0.2, 0.25) is 0 Å². The molecule has 0 aliphatic carbocycles. The number of amides is 5. The van der Waals surface area contributed by atoms with Gasteiger partial charge in [0.05, 0.1) is 19.6 Å². The molecule has 3 aromatic carbocycles. The van der Waals surface area contributed by atoms with E-state index >= 15 is 0 Å². The number of aryl methyl sites for hydroxylation is 1. The van der Waals surface area contributed by atoms with Crippen molar-refractivity contribution in [3.8, 4) is 11.5 Å². The Labute approximate surface area is 317 Å². The number of aliphatic hydroxyl groups is 1. The maximum atomic E-state index is 14.5. The quantitative estimate of drug-likeness (QED) is 0.166. The molecule has 6 N–H and O–H groups in total. The van der Waals surface area contributed by atoms with Crippen molar-refractivity contribution in [2.24, 2.45) is 0 Å². The summed E-state index contributed by atoms with van der Waals surface area (Å²) >= 11 is 0. The van der Waals surface area contributed by atoms with E-state index in [0.29, 0.717) is 28.0 Å². The molecule has 1 aromatic heterocycles. The van der Waals surface area contributed by atoms with E-state index in [1.807, 2.05) is 13.0 Å². The van der Waals surface area contributed by atoms with Gasteiger partial charge in [-0.15, -0.1) is 0 Å². The van der Waals surface area contributed by atoms with Crippen molar-refractivity contribution in [3.05, 3.63) is 95.4 Å². The standard InChI is InChI=1S/C40H45FN6O8/c1-24-30(31-21-27(41)8-13-32(31)43-24)22-35(49)47-17-14-40(15-18-47)39(53)46-33(20-26-6-4-3-5-7-26)37(51)45-34(23-48)38(52)44-25(2)36(50)42-16-19-54-28-9-11-29(55-40)12-10-28/h3-13,21,25,33-34,43,48H,14-20,22-23H2,1-2H3,(H,42,50)(H,44,52)(H,45,51)(H,46,53)/t25-,33+,34-/m0/s1. The first-order chi connectivity index (χ1) is 26.4. The van der Waals surface area contributed by atoms with E-state index in [9.17, 15) is 33.5 Å². The van der Waals surface area contributed by atoms with Crippen molar-refractivity contribution < 1.29 is 42.9 Å². The Kier molecular flexibility index (Phi) is 12.0. The highest BCUT2D eigenvalue weighted by Gasteiger charge is 2.46. The van der Waals surface area contributed by atoms with Gasteiger partial charge in [-0.25, -0.2) is 4.39 Å². The Morgan fingerprint density at radius 3 is 2.29 bits per heavy atom. The van der Waals surface area contributed by atoms with E-state index in [1.54, 1.807) is 59.5 Å². The highest BCUT2D eigenvalue weighted by atomic mass is 19.1. The van der Waals surface area contributed by atoms with Crippen LogP contribution in [0.5, 0.6) is 11.5 Å². The van der Waals surface area contributed by atoms with E-state index < -0.39 is 59.8 Å². The Morgan fingerprint density at radius 1 is 0.891 bits per heavy atom. The molecule has 3 aliphatic rings. The lowest BCUT2D eigenvalue weighted by Crippen LogP contribution is -2.63. The second kappa shape index (κ2) is 17.0. The SMILES string of the molecule is Cc1[nH]c2ccc(F)cc2c1CC(=O)N1CCC2(CC1)Oc1ccc(cc1)OCCNC(=O)[C@H](C)NC(=O)[C@H](CO)NC(=O)[C@@H](Cc1ccccc1)NC2=O. The molecule has 55 heavy (non-hydrogen) atoms. The van der Waals surface area contributed by atoms with E-state index in [-0.39, 0.29) is 57.8 Å². The maximum absolute atomic E-state index is 14.5. The van der Waals surface area contributed by atoms with Crippen molar-refractivity contribution in [1.29, 1.82) is 0 Å². The number of nitrogens with one attached hydrogen (secondary N) is 5. The van der Waals surface area contributed by atoms with Gasteiger partial charge >= 0.3 is 0 Å². The van der Waals surface area contributed by atoms with Crippen LogP contribution in [0.15, 0.2) is 72.8 Å². The highest BCUT2D eigenvalue weighted by molar-refractivity contribution is 5.96. The van der Waals surface area contributed by atoms with E-state index in [4.69, 9.17) is 9.47 Å². The van der Waals surface area contributed by atoms with E-state index in [2.05, 4.69) is 26.3 Å². The first kappa shape index (κ1) is 38.8. The number of ether oxygens (including phenoxy) is 2.